The van der Waals surface area contributed by atoms with E-state index in [1.165, 1.54) is 4.31 Å². The highest BCUT2D eigenvalue weighted by molar-refractivity contribution is 7.87. The summed E-state index contributed by atoms with van der Waals surface area (Å²) in [7, 11) is -3.55. The zero-order valence-electron chi connectivity index (χ0n) is 8.22. The van der Waals surface area contributed by atoms with Crippen LogP contribution in [0.15, 0.2) is 0 Å². The molecule has 1 rings (SSSR count). The molecule has 1 fully saturated rings. The molecule has 0 aromatic carbocycles. The Bertz CT molecular complexity index is 323. The molecule has 4 N–H and O–H groups in total. The van der Waals surface area contributed by atoms with E-state index in [0.29, 0.717) is 13.1 Å². The van der Waals surface area contributed by atoms with E-state index in [0.717, 1.165) is 12.8 Å². The third kappa shape index (κ3) is 3.42. The molecular weight excluding hydrogens is 222 g/mol. The lowest BCUT2D eigenvalue weighted by Crippen LogP contribution is -2.46. The van der Waals surface area contributed by atoms with E-state index in [9.17, 15) is 13.2 Å². The maximum Gasteiger partial charge on any atom is 0.321 e. The molecule has 0 spiro atoms. The van der Waals surface area contributed by atoms with Gasteiger partial charge in [-0.2, -0.15) is 17.4 Å². The quantitative estimate of drug-likeness (QED) is 0.529. The third-order valence-corrected chi connectivity index (χ3v) is 3.78. The smallest absolute Gasteiger partial charge is 0.321 e. The summed E-state index contributed by atoms with van der Waals surface area (Å²) in [6, 6.07) is -1.21. The van der Waals surface area contributed by atoms with Crippen LogP contribution in [0.1, 0.15) is 12.8 Å². The normalized spacial score (nSPS) is 20.3. The van der Waals surface area contributed by atoms with Gasteiger partial charge in [0.15, 0.2) is 0 Å². The van der Waals surface area contributed by atoms with E-state index in [2.05, 4.69) is 4.72 Å². The van der Waals surface area contributed by atoms with Gasteiger partial charge in [-0.15, -0.1) is 0 Å². The molecule has 1 atom stereocenters. The van der Waals surface area contributed by atoms with E-state index in [4.69, 9.17) is 10.8 Å². The van der Waals surface area contributed by atoms with Crippen LogP contribution in [-0.2, 0) is 15.0 Å². The van der Waals surface area contributed by atoms with Crippen molar-refractivity contribution in [3.63, 3.8) is 0 Å². The Labute approximate surface area is 88.4 Å². The number of aliphatic carboxylic acids is 1. The number of hydrogen-bond donors (Lipinski definition) is 3. The fourth-order valence-corrected chi connectivity index (χ4v) is 2.61. The molecule has 0 unspecified atom stereocenters. The molecule has 0 aromatic heterocycles. The highest BCUT2D eigenvalue weighted by Crippen LogP contribution is 2.10. The minimum atomic E-state index is -3.55. The van der Waals surface area contributed by atoms with Crippen LogP contribution in [0.2, 0.25) is 0 Å². The molecule has 1 saturated heterocycles. The first-order valence-electron chi connectivity index (χ1n) is 4.66. The van der Waals surface area contributed by atoms with Gasteiger partial charge in [-0.05, 0) is 12.8 Å². The first kappa shape index (κ1) is 12.4. The summed E-state index contributed by atoms with van der Waals surface area (Å²) in [6.07, 6.45) is 1.68. The van der Waals surface area contributed by atoms with Crippen LogP contribution < -0.4 is 10.5 Å². The first-order chi connectivity index (χ1) is 6.93. The van der Waals surface area contributed by atoms with Crippen molar-refractivity contribution in [2.75, 3.05) is 19.6 Å². The van der Waals surface area contributed by atoms with Crippen molar-refractivity contribution in [1.29, 1.82) is 0 Å². The fraction of sp³-hybridized carbons (Fsp3) is 0.857. The lowest BCUT2D eigenvalue weighted by Gasteiger charge is -2.16. The second-order valence-corrected chi connectivity index (χ2v) is 5.16. The van der Waals surface area contributed by atoms with Crippen LogP contribution in [0.25, 0.3) is 0 Å². The van der Waals surface area contributed by atoms with Crippen LogP contribution in [0.4, 0.5) is 0 Å². The molecule has 88 valence electrons. The minimum Gasteiger partial charge on any atom is -0.480 e. The predicted molar refractivity (Wildman–Crippen MR) is 53.3 cm³/mol. The molecule has 0 saturated carbocycles. The van der Waals surface area contributed by atoms with Gasteiger partial charge < -0.3 is 10.8 Å². The number of nitrogens with two attached hydrogens (primary N) is 1. The molecule has 0 radical (unpaired) electrons. The Morgan fingerprint density at radius 3 is 2.47 bits per heavy atom. The van der Waals surface area contributed by atoms with E-state index in [1.807, 2.05) is 0 Å². The minimum absolute atomic E-state index is 0.284. The summed E-state index contributed by atoms with van der Waals surface area (Å²) in [6.45, 7) is 0.684. The summed E-state index contributed by atoms with van der Waals surface area (Å²) in [5, 5.41) is 8.47. The number of carboxylic acid groups (broad SMARTS) is 1. The Morgan fingerprint density at radius 2 is 2.00 bits per heavy atom. The summed E-state index contributed by atoms with van der Waals surface area (Å²) >= 11 is 0. The maximum atomic E-state index is 11.5. The second kappa shape index (κ2) is 4.88. The summed E-state index contributed by atoms with van der Waals surface area (Å²) in [5.74, 6) is -1.22. The average Bonchev–Trinajstić information content (AvgIpc) is 2.67. The van der Waals surface area contributed by atoms with E-state index in [1.54, 1.807) is 0 Å². The van der Waals surface area contributed by atoms with Gasteiger partial charge >= 0.3 is 5.97 Å². The molecule has 15 heavy (non-hydrogen) atoms. The van der Waals surface area contributed by atoms with E-state index >= 15 is 0 Å². The van der Waals surface area contributed by atoms with Gasteiger partial charge in [0.05, 0.1) is 0 Å². The van der Waals surface area contributed by atoms with Crippen LogP contribution in [-0.4, -0.2) is 49.5 Å². The molecule has 1 aliphatic heterocycles. The summed E-state index contributed by atoms with van der Waals surface area (Å²) in [5.41, 5.74) is 5.18. The van der Waals surface area contributed by atoms with Crippen molar-refractivity contribution >= 4 is 16.2 Å². The number of nitrogens with one attached hydrogen (secondary N) is 1. The van der Waals surface area contributed by atoms with Crippen molar-refractivity contribution in [1.82, 2.24) is 9.03 Å². The standard InChI is InChI=1S/C7H15N3O4S/c8-6(7(11)12)5-9-15(13,14)10-3-1-2-4-10/h6,9H,1-5,8H2,(H,11,12)/t6-/m0/s1. The van der Waals surface area contributed by atoms with Crippen molar-refractivity contribution in [2.24, 2.45) is 5.73 Å². The number of rotatable bonds is 5. The first-order valence-corrected chi connectivity index (χ1v) is 6.10. The summed E-state index contributed by atoms with van der Waals surface area (Å²) in [4.78, 5) is 10.4. The van der Waals surface area contributed by atoms with Crippen molar-refractivity contribution in [2.45, 2.75) is 18.9 Å². The van der Waals surface area contributed by atoms with Crippen LogP contribution in [0, 0.1) is 0 Å². The SMILES string of the molecule is N[C@@H](CNS(=O)(=O)N1CCCC1)C(=O)O. The van der Waals surface area contributed by atoms with Crippen LogP contribution >= 0.6 is 0 Å². The number of carbonyl (C=O) groups is 1. The zero-order valence-corrected chi connectivity index (χ0v) is 9.03. The highest BCUT2D eigenvalue weighted by Gasteiger charge is 2.26. The monoisotopic (exact) mass is 237 g/mol. The second-order valence-electron chi connectivity index (χ2n) is 3.40. The molecule has 7 nitrogen and oxygen atoms in total. The lowest BCUT2D eigenvalue weighted by molar-refractivity contribution is -0.138. The molecule has 1 aliphatic rings. The third-order valence-electron chi connectivity index (χ3n) is 2.21. The van der Waals surface area contributed by atoms with Crippen LogP contribution in [0.3, 0.4) is 0 Å². The van der Waals surface area contributed by atoms with Gasteiger partial charge in [-0.1, -0.05) is 0 Å². The number of carboxylic acids is 1. The number of hydrogen-bond acceptors (Lipinski definition) is 4. The van der Waals surface area contributed by atoms with Gasteiger partial charge in [0.1, 0.15) is 6.04 Å². The topological polar surface area (TPSA) is 113 Å². The maximum absolute atomic E-state index is 11.5. The molecule has 0 bridgehead atoms. The summed E-state index contributed by atoms with van der Waals surface area (Å²) < 4.78 is 26.5. The highest BCUT2D eigenvalue weighted by atomic mass is 32.2. The van der Waals surface area contributed by atoms with Crippen molar-refractivity contribution < 1.29 is 18.3 Å². The Morgan fingerprint density at radius 1 is 1.47 bits per heavy atom. The Balaban J connectivity index is 2.46. The molecule has 0 aliphatic carbocycles. The van der Waals surface area contributed by atoms with Gasteiger partial charge in [-0.25, -0.2) is 0 Å². The molecule has 8 heteroatoms. The van der Waals surface area contributed by atoms with Crippen molar-refractivity contribution in [3.8, 4) is 0 Å². The predicted octanol–water partition coefficient (Wildman–Crippen LogP) is -1.67. The fourth-order valence-electron chi connectivity index (χ4n) is 1.30. The van der Waals surface area contributed by atoms with Crippen molar-refractivity contribution in [3.05, 3.63) is 0 Å². The largest absolute Gasteiger partial charge is 0.480 e. The Hall–Kier alpha value is -0.700. The van der Waals surface area contributed by atoms with Gasteiger partial charge in [0.2, 0.25) is 0 Å². The zero-order chi connectivity index (χ0) is 11.5. The molecule has 0 amide bonds. The van der Waals surface area contributed by atoms with Crippen LogP contribution in [0.5, 0.6) is 0 Å². The van der Waals surface area contributed by atoms with E-state index in [-0.39, 0.29) is 6.54 Å². The average molecular weight is 237 g/mol. The number of nitrogens with zero attached hydrogens (tertiary/aromatic N) is 1. The Kier molecular flexibility index (Phi) is 4.03. The van der Waals surface area contributed by atoms with Gasteiger partial charge in [0.25, 0.3) is 10.2 Å². The van der Waals surface area contributed by atoms with Gasteiger partial charge in [0, 0.05) is 19.6 Å². The molecular formula is C7H15N3O4S. The lowest BCUT2D eigenvalue weighted by atomic mass is 10.3. The molecule has 1 heterocycles. The molecule has 0 aromatic rings. The van der Waals surface area contributed by atoms with E-state index < -0.39 is 22.2 Å². The van der Waals surface area contributed by atoms with Gasteiger partial charge in [-0.3, -0.25) is 4.79 Å².